The second-order valence-corrected chi connectivity index (χ2v) is 4.65. The van der Waals surface area contributed by atoms with Crippen LogP contribution in [0.3, 0.4) is 0 Å². The Morgan fingerprint density at radius 2 is 1.67 bits per heavy atom. The van der Waals surface area contributed by atoms with Crippen LogP contribution in [0.4, 0.5) is 0 Å². The molecule has 0 heterocycles. The van der Waals surface area contributed by atoms with Crippen molar-refractivity contribution < 1.29 is 19.7 Å². The van der Waals surface area contributed by atoms with Gasteiger partial charge in [0.25, 0.3) is 0 Å². The predicted molar refractivity (Wildman–Crippen MR) is 72.7 cm³/mol. The van der Waals surface area contributed by atoms with E-state index in [1.54, 1.807) is 0 Å². The van der Waals surface area contributed by atoms with E-state index in [-0.39, 0.29) is 13.2 Å². The lowest BCUT2D eigenvalue weighted by Gasteiger charge is -2.21. The van der Waals surface area contributed by atoms with Gasteiger partial charge in [-0.3, -0.25) is 0 Å². The fraction of sp³-hybridized carbons (Fsp3) is 1.00. The lowest BCUT2D eigenvalue weighted by Crippen LogP contribution is -2.36. The molecule has 0 aliphatic rings. The van der Waals surface area contributed by atoms with Gasteiger partial charge in [0, 0.05) is 13.2 Å². The molecule has 4 nitrogen and oxygen atoms in total. The van der Waals surface area contributed by atoms with E-state index in [9.17, 15) is 5.11 Å². The Bertz CT molecular complexity index is 164. The Labute approximate surface area is 111 Å². The highest BCUT2D eigenvalue weighted by Gasteiger charge is 2.18. The predicted octanol–water partition coefficient (Wildman–Crippen LogP) is 2.12. The van der Waals surface area contributed by atoms with Crippen LogP contribution in [0, 0.1) is 0 Å². The number of aliphatic hydroxyl groups excluding tert-OH is 2. The average Bonchev–Trinajstić information content (AvgIpc) is 2.39. The van der Waals surface area contributed by atoms with Gasteiger partial charge < -0.3 is 19.7 Å². The van der Waals surface area contributed by atoms with Crippen molar-refractivity contribution in [3.8, 4) is 0 Å². The molecular weight excluding hydrogens is 232 g/mol. The molecule has 0 saturated heterocycles. The van der Waals surface area contributed by atoms with Crippen molar-refractivity contribution >= 4 is 0 Å². The largest absolute Gasteiger partial charge is 0.394 e. The Morgan fingerprint density at radius 1 is 0.944 bits per heavy atom. The van der Waals surface area contributed by atoms with E-state index in [1.807, 2.05) is 0 Å². The van der Waals surface area contributed by atoms with Crippen LogP contribution in [-0.2, 0) is 9.47 Å². The van der Waals surface area contributed by atoms with Crippen molar-refractivity contribution in [2.75, 3.05) is 26.4 Å². The summed E-state index contributed by atoms with van der Waals surface area (Å²) in [5.74, 6) is 0. The third-order valence-corrected chi connectivity index (χ3v) is 2.87. The van der Waals surface area contributed by atoms with E-state index >= 15 is 0 Å². The van der Waals surface area contributed by atoms with E-state index < -0.39 is 12.2 Å². The molecule has 0 amide bonds. The molecule has 18 heavy (non-hydrogen) atoms. The lowest BCUT2D eigenvalue weighted by molar-refractivity contribution is -0.0913. The highest BCUT2D eigenvalue weighted by molar-refractivity contribution is 4.67. The van der Waals surface area contributed by atoms with Crippen LogP contribution in [0.1, 0.15) is 52.4 Å². The second-order valence-electron chi connectivity index (χ2n) is 4.65. The summed E-state index contributed by atoms with van der Waals surface area (Å²) in [6.07, 6.45) is 5.33. The molecule has 0 bridgehead atoms. The van der Waals surface area contributed by atoms with Crippen molar-refractivity contribution in [1.29, 1.82) is 0 Å². The van der Waals surface area contributed by atoms with E-state index in [4.69, 9.17) is 14.6 Å². The first-order chi connectivity index (χ1) is 8.76. The molecule has 0 spiro atoms. The molecule has 0 aliphatic carbocycles. The molecule has 110 valence electrons. The number of aliphatic hydroxyl groups is 2. The number of unbranched alkanes of at least 4 members (excludes halogenated alkanes) is 4. The molecule has 0 rings (SSSR count). The molecule has 0 aromatic carbocycles. The van der Waals surface area contributed by atoms with Crippen LogP contribution >= 0.6 is 0 Å². The normalized spacial score (nSPS) is 14.7. The van der Waals surface area contributed by atoms with Gasteiger partial charge in [-0.2, -0.15) is 0 Å². The molecule has 0 fully saturated rings. The molecule has 2 atom stereocenters. The Balaban J connectivity index is 3.58. The van der Waals surface area contributed by atoms with Crippen LogP contribution < -0.4 is 0 Å². The van der Waals surface area contributed by atoms with Crippen LogP contribution in [0.5, 0.6) is 0 Å². The van der Waals surface area contributed by atoms with E-state index in [1.165, 1.54) is 12.8 Å². The van der Waals surface area contributed by atoms with Crippen molar-refractivity contribution in [3.05, 3.63) is 0 Å². The number of rotatable bonds is 13. The monoisotopic (exact) mass is 262 g/mol. The van der Waals surface area contributed by atoms with E-state index in [0.29, 0.717) is 13.2 Å². The summed E-state index contributed by atoms with van der Waals surface area (Å²) in [6, 6.07) is 0. The summed E-state index contributed by atoms with van der Waals surface area (Å²) < 4.78 is 10.8. The van der Waals surface area contributed by atoms with Crippen LogP contribution in [-0.4, -0.2) is 48.8 Å². The fourth-order valence-electron chi connectivity index (χ4n) is 1.61. The highest BCUT2D eigenvalue weighted by Crippen LogP contribution is 2.05. The Kier molecular flexibility index (Phi) is 13.2. The first-order valence-electron chi connectivity index (χ1n) is 7.24. The van der Waals surface area contributed by atoms with Crippen LogP contribution in [0.25, 0.3) is 0 Å². The highest BCUT2D eigenvalue weighted by atomic mass is 16.5. The molecule has 4 heteroatoms. The first kappa shape index (κ1) is 17.8. The van der Waals surface area contributed by atoms with Gasteiger partial charge in [0.05, 0.1) is 13.2 Å². The zero-order chi connectivity index (χ0) is 13.6. The number of hydrogen-bond donors (Lipinski definition) is 2. The minimum atomic E-state index is -0.738. The maximum Gasteiger partial charge on any atom is 0.109 e. The van der Waals surface area contributed by atoms with Crippen molar-refractivity contribution in [2.45, 2.75) is 64.6 Å². The summed E-state index contributed by atoms with van der Waals surface area (Å²) in [6.45, 7) is 5.58. The molecule has 0 aliphatic heterocycles. The molecular formula is C14H30O4. The molecule has 0 aromatic rings. The fourth-order valence-corrected chi connectivity index (χ4v) is 1.61. The molecule has 0 radical (unpaired) electrons. The molecule has 0 aromatic heterocycles. The van der Waals surface area contributed by atoms with Crippen molar-refractivity contribution in [1.82, 2.24) is 0 Å². The zero-order valence-corrected chi connectivity index (χ0v) is 11.9. The topological polar surface area (TPSA) is 58.9 Å². The summed E-state index contributed by atoms with van der Waals surface area (Å²) in [5.41, 5.74) is 0. The lowest BCUT2D eigenvalue weighted by atomic mass is 10.2. The maximum atomic E-state index is 9.80. The molecule has 2 N–H and O–H groups in total. The minimum Gasteiger partial charge on any atom is -0.394 e. The minimum absolute atomic E-state index is 0.161. The number of hydrogen-bond acceptors (Lipinski definition) is 4. The Morgan fingerprint density at radius 3 is 2.28 bits per heavy atom. The second kappa shape index (κ2) is 13.3. The van der Waals surface area contributed by atoms with Gasteiger partial charge in [0.15, 0.2) is 0 Å². The van der Waals surface area contributed by atoms with Gasteiger partial charge in [0.1, 0.15) is 12.2 Å². The summed E-state index contributed by atoms with van der Waals surface area (Å²) in [7, 11) is 0. The SMILES string of the molecule is CCCCCCOC(CO)C(O)COCCCC. The van der Waals surface area contributed by atoms with E-state index in [2.05, 4.69) is 13.8 Å². The van der Waals surface area contributed by atoms with Crippen molar-refractivity contribution in [3.63, 3.8) is 0 Å². The van der Waals surface area contributed by atoms with Gasteiger partial charge in [-0.1, -0.05) is 39.5 Å². The quantitative estimate of drug-likeness (QED) is 0.499. The third-order valence-electron chi connectivity index (χ3n) is 2.87. The summed E-state index contributed by atoms with van der Waals surface area (Å²) in [5, 5.41) is 19.0. The average molecular weight is 262 g/mol. The van der Waals surface area contributed by atoms with E-state index in [0.717, 1.165) is 25.7 Å². The van der Waals surface area contributed by atoms with Gasteiger partial charge >= 0.3 is 0 Å². The Hall–Kier alpha value is -0.160. The first-order valence-corrected chi connectivity index (χ1v) is 7.24. The van der Waals surface area contributed by atoms with Gasteiger partial charge in [-0.05, 0) is 12.8 Å². The summed E-state index contributed by atoms with van der Waals surface area (Å²) in [4.78, 5) is 0. The van der Waals surface area contributed by atoms with Gasteiger partial charge in [0.2, 0.25) is 0 Å². The molecule has 2 unspecified atom stereocenters. The summed E-state index contributed by atoms with van der Waals surface area (Å²) >= 11 is 0. The maximum absolute atomic E-state index is 9.80. The van der Waals surface area contributed by atoms with Gasteiger partial charge in [-0.25, -0.2) is 0 Å². The molecule has 0 saturated carbocycles. The van der Waals surface area contributed by atoms with Crippen molar-refractivity contribution in [2.24, 2.45) is 0 Å². The van der Waals surface area contributed by atoms with Gasteiger partial charge in [-0.15, -0.1) is 0 Å². The standard InChI is InChI=1S/C14H30O4/c1-3-5-7-8-10-18-14(11-15)13(16)12-17-9-6-4-2/h13-16H,3-12H2,1-2H3. The van der Waals surface area contributed by atoms with Crippen LogP contribution in [0.2, 0.25) is 0 Å². The zero-order valence-electron chi connectivity index (χ0n) is 11.9. The smallest absolute Gasteiger partial charge is 0.109 e. The van der Waals surface area contributed by atoms with Crippen LogP contribution in [0.15, 0.2) is 0 Å². The number of ether oxygens (including phenoxy) is 2. The third kappa shape index (κ3) is 9.83.